The Balaban J connectivity index is 2.24. The van der Waals surface area contributed by atoms with Gasteiger partial charge in [-0.3, -0.25) is 0 Å². The van der Waals surface area contributed by atoms with E-state index in [4.69, 9.17) is 0 Å². The predicted molar refractivity (Wildman–Crippen MR) is 72.9 cm³/mol. The lowest BCUT2D eigenvalue weighted by molar-refractivity contribution is 0.400. The maximum absolute atomic E-state index is 3.56. The van der Waals surface area contributed by atoms with Crippen molar-refractivity contribution in [2.45, 2.75) is 31.8 Å². The molecule has 0 radical (unpaired) electrons. The van der Waals surface area contributed by atoms with E-state index in [2.05, 4.69) is 51.4 Å². The fraction of sp³-hybridized carbons (Fsp3) is 0.538. The highest BCUT2D eigenvalue weighted by molar-refractivity contribution is 9.10. The fourth-order valence-electron chi connectivity index (χ4n) is 2.18. The Labute approximate surface area is 106 Å². The van der Waals surface area contributed by atoms with Gasteiger partial charge in [0.25, 0.3) is 0 Å². The molecule has 0 atom stereocenters. The molecule has 16 heavy (non-hydrogen) atoms. The largest absolute Gasteiger partial charge is 0.371 e. The summed E-state index contributed by atoms with van der Waals surface area (Å²) in [6.07, 6.45) is 4.05. The summed E-state index contributed by atoms with van der Waals surface area (Å²) in [6, 6.07) is 7.28. The first-order valence-electron chi connectivity index (χ1n) is 5.88. The lowest BCUT2D eigenvalue weighted by atomic mass is 9.91. The van der Waals surface area contributed by atoms with Gasteiger partial charge in [-0.1, -0.05) is 22.0 Å². The highest BCUT2D eigenvalue weighted by atomic mass is 79.9. The van der Waals surface area contributed by atoms with E-state index in [-0.39, 0.29) is 0 Å². The first-order chi connectivity index (χ1) is 7.72. The Kier molecular flexibility index (Phi) is 3.87. The molecule has 0 bridgehead atoms. The van der Waals surface area contributed by atoms with Crippen LogP contribution in [0.1, 0.15) is 24.8 Å². The molecule has 1 saturated carbocycles. The highest BCUT2D eigenvalue weighted by Gasteiger charge is 2.23. The first-order valence-corrected chi connectivity index (χ1v) is 6.67. The summed E-state index contributed by atoms with van der Waals surface area (Å²) in [5, 5.41) is 3.23. The van der Waals surface area contributed by atoms with Crippen molar-refractivity contribution in [2.24, 2.45) is 0 Å². The number of hydrogen-bond acceptors (Lipinski definition) is 2. The van der Waals surface area contributed by atoms with Crippen molar-refractivity contribution >= 4 is 21.6 Å². The zero-order valence-electron chi connectivity index (χ0n) is 9.96. The first kappa shape index (κ1) is 11.9. The molecule has 0 aromatic heterocycles. The summed E-state index contributed by atoms with van der Waals surface area (Å²) < 4.78 is 1.16. The van der Waals surface area contributed by atoms with Gasteiger partial charge in [0.2, 0.25) is 0 Å². The minimum absolute atomic E-state index is 0.741. The molecule has 0 amide bonds. The molecule has 0 aliphatic heterocycles. The average Bonchev–Trinajstić information content (AvgIpc) is 2.18. The van der Waals surface area contributed by atoms with Crippen LogP contribution < -0.4 is 10.2 Å². The Hall–Kier alpha value is -0.540. The number of benzene rings is 1. The van der Waals surface area contributed by atoms with Crippen LogP contribution in [-0.4, -0.2) is 20.1 Å². The molecule has 1 fully saturated rings. The minimum Gasteiger partial charge on any atom is -0.371 e. The van der Waals surface area contributed by atoms with Crippen LogP contribution in [0, 0.1) is 0 Å². The van der Waals surface area contributed by atoms with E-state index < -0.39 is 0 Å². The van der Waals surface area contributed by atoms with E-state index in [1.165, 1.54) is 30.5 Å². The minimum atomic E-state index is 0.741. The molecule has 0 spiro atoms. The van der Waals surface area contributed by atoms with Crippen LogP contribution in [0.15, 0.2) is 22.7 Å². The number of nitrogens with one attached hydrogen (secondary N) is 1. The van der Waals surface area contributed by atoms with Gasteiger partial charge in [0.05, 0.1) is 0 Å². The molecule has 0 saturated heterocycles. The van der Waals surface area contributed by atoms with Gasteiger partial charge in [-0.05, 0) is 44.0 Å². The average molecular weight is 283 g/mol. The fourth-order valence-corrected chi connectivity index (χ4v) is 2.52. The molecular weight excluding hydrogens is 264 g/mol. The molecule has 0 unspecified atom stereocenters. The number of anilines is 1. The van der Waals surface area contributed by atoms with Gasteiger partial charge in [0.15, 0.2) is 0 Å². The van der Waals surface area contributed by atoms with E-state index >= 15 is 0 Å². The van der Waals surface area contributed by atoms with Crippen molar-refractivity contribution in [1.29, 1.82) is 0 Å². The Morgan fingerprint density at radius 3 is 2.75 bits per heavy atom. The summed E-state index contributed by atoms with van der Waals surface area (Å²) in [7, 11) is 4.21. The van der Waals surface area contributed by atoms with Gasteiger partial charge in [-0.25, -0.2) is 0 Å². The number of rotatable bonds is 4. The molecule has 88 valence electrons. The number of nitrogens with zero attached hydrogens (tertiary/aromatic N) is 1. The van der Waals surface area contributed by atoms with E-state index in [9.17, 15) is 0 Å². The molecule has 1 aliphatic rings. The standard InChI is InChI=1S/C13H19BrN2/c1-15-9-10-6-7-11(14)8-13(10)16(2)12-4-3-5-12/h6-8,12,15H,3-5,9H2,1-2H3. The molecule has 3 heteroatoms. The van der Waals surface area contributed by atoms with Crippen molar-refractivity contribution in [1.82, 2.24) is 5.32 Å². The van der Waals surface area contributed by atoms with Crippen molar-refractivity contribution in [2.75, 3.05) is 19.0 Å². The third-order valence-electron chi connectivity index (χ3n) is 3.42. The van der Waals surface area contributed by atoms with E-state index in [0.29, 0.717) is 0 Å². The smallest absolute Gasteiger partial charge is 0.0423 e. The van der Waals surface area contributed by atoms with Gasteiger partial charge in [-0.15, -0.1) is 0 Å². The topological polar surface area (TPSA) is 15.3 Å². The van der Waals surface area contributed by atoms with E-state index in [1.54, 1.807) is 0 Å². The van der Waals surface area contributed by atoms with E-state index in [0.717, 1.165) is 17.1 Å². The van der Waals surface area contributed by atoms with Gasteiger partial charge >= 0.3 is 0 Å². The van der Waals surface area contributed by atoms with Crippen LogP contribution in [-0.2, 0) is 6.54 Å². The summed E-state index contributed by atoms with van der Waals surface area (Å²) in [5.74, 6) is 0. The SMILES string of the molecule is CNCc1ccc(Br)cc1N(C)C1CCC1. The van der Waals surface area contributed by atoms with Crippen LogP contribution in [0.5, 0.6) is 0 Å². The monoisotopic (exact) mass is 282 g/mol. The molecule has 1 N–H and O–H groups in total. The van der Waals surface area contributed by atoms with Crippen molar-refractivity contribution in [3.8, 4) is 0 Å². The molecule has 1 aliphatic carbocycles. The molecule has 0 heterocycles. The summed E-state index contributed by atoms with van der Waals surface area (Å²) >= 11 is 3.56. The maximum Gasteiger partial charge on any atom is 0.0423 e. The summed E-state index contributed by atoms with van der Waals surface area (Å²) in [5.41, 5.74) is 2.73. The van der Waals surface area contributed by atoms with Crippen molar-refractivity contribution < 1.29 is 0 Å². The lowest BCUT2D eigenvalue weighted by Gasteiger charge is -2.37. The Morgan fingerprint density at radius 1 is 1.44 bits per heavy atom. The van der Waals surface area contributed by atoms with Gasteiger partial charge in [0.1, 0.15) is 0 Å². The molecule has 1 aromatic rings. The van der Waals surface area contributed by atoms with Gasteiger partial charge < -0.3 is 10.2 Å². The third kappa shape index (κ3) is 2.41. The molecule has 2 nitrogen and oxygen atoms in total. The van der Waals surface area contributed by atoms with Crippen LogP contribution in [0.3, 0.4) is 0 Å². The zero-order chi connectivity index (χ0) is 11.5. The number of hydrogen-bond donors (Lipinski definition) is 1. The van der Waals surface area contributed by atoms with Crippen molar-refractivity contribution in [3.63, 3.8) is 0 Å². The predicted octanol–water partition coefficient (Wildman–Crippen LogP) is 3.16. The number of halogens is 1. The van der Waals surface area contributed by atoms with Crippen LogP contribution in [0.4, 0.5) is 5.69 Å². The third-order valence-corrected chi connectivity index (χ3v) is 3.91. The Bertz CT molecular complexity index is 361. The second-order valence-corrected chi connectivity index (χ2v) is 5.41. The van der Waals surface area contributed by atoms with Crippen LogP contribution >= 0.6 is 15.9 Å². The zero-order valence-corrected chi connectivity index (χ0v) is 11.5. The van der Waals surface area contributed by atoms with Gasteiger partial charge in [-0.2, -0.15) is 0 Å². The lowest BCUT2D eigenvalue weighted by Crippen LogP contribution is -2.37. The maximum atomic E-state index is 3.56. The van der Waals surface area contributed by atoms with Gasteiger partial charge in [0, 0.05) is 29.8 Å². The highest BCUT2D eigenvalue weighted by Crippen LogP contribution is 2.32. The normalized spacial score (nSPS) is 15.9. The molecule has 1 aromatic carbocycles. The second kappa shape index (κ2) is 5.19. The summed E-state index contributed by atoms with van der Waals surface area (Å²) in [6.45, 7) is 0.930. The Morgan fingerprint density at radius 2 is 2.19 bits per heavy atom. The molecule has 2 rings (SSSR count). The second-order valence-electron chi connectivity index (χ2n) is 4.50. The summed E-state index contributed by atoms with van der Waals surface area (Å²) in [4.78, 5) is 2.43. The molecular formula is C13H19BrN2. The van der Waals surface area contributed by atoms with E-state index in [1.807, 2.05) is 7.05 Å². The quantitative estimate of drug-likeness (QED) is 0.913. The van der Waals surface area contributed by atoms with Crippen molar-refractivity contribution in [3.05, 3.63) is 28.2 Å². The van der Waals surface area contributed by atoms with Crippen LogP contribution in [0.25, 0.3) is 0 Å². The van der Waals surface area contributed by atoms with Crippen LogP contribution in [0.2, 0.25) is 0 Å².